The van der Waals surface area contributed by atoms with Gasteiger partial charge in [-0.2, -0.15) is 0 Å². The lowest BCUT2D eigenvalue weighted by molar-refractivity contribution is 0.733. The van der Waals surface area contributed by atoms with Gasteiger partial charge < -0.3 is 16.0 Å². The van der Waals surface area contributed by atoms with E-state index in [0.29, 0.717) is 35.2 Å². The molecule has 3 heterocycles. The number of aryl methyl sites for hydroxylation is 1. The zero-order valence-electron chi connectivity index (χ0n) is 22.9. The highest BCUT2D eigenvalue weighted by Gasteiger charge is 2.16. The van der Waals surface area contributed by atoms with E-state index >= 15 is 0 Å². The van der Waals surface area contributed by atoms with E-state index in [0.717, 1.165) is 47.6 Å². The van der Waals surface area contributed by atoms with Crippen LogP contribution in [0.1, 0.15) is 30.0 Å². The molecular formula is C33H34ClN5O. The first-order chi connectivity index (χ1) is 19.5. The van der Waals surface area contributed by atoms with Gasteiger partial charge >= 0.3 is 0 Å². The number of nitrogens with zero attached hydrogens (tertiary/aromatic N) is 2. The summed E-state index contributed by atoms with van der Waals surface area (Å²) < 4.78 is 1.73. The molecule has 6 nitrogen and oxygen atoms in total. The molecule has 5 rings (SSSR count). The number of benzene rings is 2. The first kappa shape index (κ1) is 27.4. The van der Waals surface area contributed by atoms with Gasteiger partial charge in [-0.1, -0.05) is 60.7 Å². The van der Waals surface area contributed by atoms with Crippen LogP contribution in [0.3, 0.4) is 0 Å². The summed E-state index contributed by atoms with van der Waals surface area (Å²) in [5, 5.41) is 10.7. The van der Waals surface area contributed by atoms with Gasteiger partial charge in [-0.05, 0) is 73.8 Å². The predicted molar refractivity (Wildman–Crippen MR) is 169 cm³/mol. The second-order valence-corrected chi connectivity index (χ2v) is 10.2. The number of aromatic nitrogens is 2. The van der Waals surface area contributed by atoms with Crippen LogP contribution in [-0.4, -0.2) is 29.3 Å². The lowest BCUT2D eigenvalue weighted by Gasteiger charge is -2.19. The topological polar surface area (TPSA) is 71.0 Å². The summed E-state index contributed by atoms with van der Waals surface area (Å²) in [5.74, 6) is 0.715. The van der Waals surface area contributed by atoms with Crippen molar-refractivity contribution in [2.45, 2.75) is 26.8 Å². The van der Waals surface area contributed by atoms with E-state index in [9.17, 15) is 4.79 Å². The molecule has 0 atom stereocenters. The molecule has 0 saturated heterocycles. The summed E-state index contributed by atoms with van der Waals surface area (Å²) >= 11 is 6.73. The Morgan fingerprint density at radius 1 is 1.05 bits per heavy atom. The average Bonchev–Trinajstić information content (AvgIpc) is 2.99. The van der Waals surface area contributed by atoms with Crippen molar-refractivity contribution in [3.8, 4) is 22.4 Å². The lowest BCUT2D eigenvalue weighted by atomic mass is 10.0. The minimum Gasteiger partial charge on any atom is -0.368 e. The summed E-state index contributed by atoms with van der Waals surface area (Å²) in [6, 6.07) is 20.0. The van der Waals surface area contributed by atoms with E-state index < -0.39 is 0 Å². The molecule has 0 saturated carbocycles. The van der Waals surface area contributed by atoms with Gasteiger partial charge in [0.25, 0.3) is 5.56 Å². The third kappa shape index (κ3) is 5.88. The fourth-order valence-electron chi connectivity index (χ4n) is 4.98. The Labute approximate surface area is 240 Å². The van der Waals surface area contributed by atoms with Gasteiger partial charge in [0.1, 0.15) is 5.82 Å². The molecule has 2 aromatic heterocycles. The standard InChI is InChI=1S/C33H34ClN5O/c1-4-23-18-29(28-12-9-26(19-30(28)34)31-13-6-22(3)20-36-31)33(40)39(5-2)32(23)38-21-37-27-10-7-24(8-11-27)25-14-16-35-17-15-25/h4,6-14,18-20,35,37-38H,1,5,15-17,21H2,2-3H3. The number of rotatable bonds is 9. The van der Waals surface area contributed by atoms with Crippen LogP contribution >= 0.6 is 11.6 Å². The molecule has 7 heteroatoms. The van der Waals surface area contributed by atoms with Crippen molar-refractivity contribution < 1.29 is 0 Å². The molecule has 2 aromatic carbocycles. The summed E-state index contributed by atoms with van der Waals surface area (Å²) in [4.78, 5) is 18.1. The Hall–Kier alpha value is -4.13. The van der Waals surface area contributed by atoms with E-state index in [1.807, 2.05) is 56.4 Å². The van der Waals surface area contributed by atoms with Gasteiger partial charge in [-0.15, -0.1) is 0 Å². The SMILES string of the molecule is C=Cc1cc(-c2ccc(-c3ccc(C)cn3)cc2Cl)c(=O)n(CC)c1NCNc1ccc(C2=CCNCC2)cc1. The lowest BCUT2D eigenvalue weighted by Crippen LogP contribution is -2.27. The highest BCUT2D eigenvalue weighted by molar-refractivity contribution is 6.33. The summed E-state index contributed by atoms with van der Waals surface area (Å²) in [6.07, 6.45) is 6.89. The maximum atomic E-state index is 13.6. The second-order valence-electron chi connectivity index (χ2n) is 9.82. The van der Waals surface area contributed by atoms with Crippen molar-refractivity contribution in [3.63, 3.8) is 0 Å². The summed E-state index contributed by atoms with van der Waals surface area (Å²) in [5.41, 5.74) is 8.40. The van der Waals surface area contributed by atoms with Crippen LogP contribution in [0.15, 0.2) is 84.3 Å². The molecule has 4 aromatic rings. The van der Waals surface area contributed by atoms with Gasteiger partial charge in [-0.25, -0.2) is 0 Å². The zero-order chi connectivity index (χ0) is 28.1. The first-order valence-electron chi connectivity index (χ1n) is 13.6. The molecular weight excluding hydrogens is 518 g/mol. The van der Waals surface area contributed by atoms with Gasteiger partial charge in [-0.3, -0.25) is 14.3 Å². The monoisotopic (exact) mass is 551 g/mol. The van der Waals surface area contributed by atoms with Gasteiger partial charge in [0, 0.05) is 52.3 Å². The van der Waals surface area contributed by atoms with Crippen molar-refractivity contribution in [1.82, 2.24) is 14.9 Å². The number of hydrogen-bond acceptors (Lipinski definition) is 5. The number of halogens is 1. The highest BCUT2D eigenvalue weighted by atomic mass is 35.5. The maximum Gasteiger partial charge on any atom is 0.260 e. The minimum atomic E-state index is -0.113. The summed E-state index contributed by atoms with van der Waals surface area (Å²) in [6.45, 7) is 10.9. The Balaban J connectivity index is 1.36. The van der Waals surface area contributed by atoms with Crippen LogP contribution in [0.4, 0.5) is 11.5 Å². The molecule has 204 valence electrons. The number of pyridine rings is 2. The molecule has 0 spiro atoms. The van der Waals surface area contributed by atoms with Crippen molar-refractivity contribution in [3.05, 3.63) is 112 Å². The molecule has 0 amide bonds. The molecule has 0 bridgehead atoms. The Morgan fingerprint density at radius 3 is 2.50 bits per heavy atom. The Kier molecular flexibility index (Phi) is 8.48. The van der Waals surface area contributed by atoms with Crippen molar-refractivity contribution in [2.24, 2.45) is 0 Å². The fraction of sp³-hybridized carbons (Fsp3) is 0.212. The molecule has 40 heavy (non-hydrogen) atoms. The van der Waals surface area contributed by atoms with Gasteiger partial charge in [0.2, 0.25) is 0 Å². The molecule has 1 aliphatic heterocycles. The van der Waals surface area contributed by atoms with Crippen LogP contribution < -0.4 is 21.5 Å². The molecule has 0 radical (unpaired) electrons. The molecule has 3 N–H and O–H groups in total. The van der Waals surface area contributed by atoms with Crippen LogP contribution in [0.2, 0.25) is 5.02 Å². The van der Waals surface area contributed by atoms with E-state index in [4.69, 9.17) is 11.6 Å². The summed E-state index contributed by atoms with van der Waals surface area (Å²) in [7, 11) is 0. The van der Waals surface area contributed by atoms with Crippen LogP contribution in [0.5, 0.6) is 0 Å². The average molecular weight is 552 g/mol. The molecule has 0 aliphatic carbocycles. The largest absolute Gasteiger partial charge is 0.368 e. The molecule has 0 fully saturated rings. The van der Waals surface area contributed by atoms with E-state index in [-0.39, 0.29) is 5.56 Å². The van der Waals surface area contributed by atoms with E-state index in [1.165, 1.54) is 11.1 Å². The predicted octanol–water partition coefficient (Wildman–Crippen LogP) is 7.06. The van der Waals surface area contributed by atoms with E-state index in [2.05, 4.69) is 57.9 Å². The van der Waals surface area contributed by atoms with Crippen LogP contribution in [0.25, 0.3) is 34.0 Å². The zero-order valence-corrected chi connectivity index (χ0v) is 23.7. The first-order valence-corrected chi connectivity index (χ1v) is 14.0. The third-order valence-corrected chi connectivity index (χ3v) is 7.50. The Morgan fingerprint density at radius 2 is 1.85 bits per heavy atom. The molecule has 1 aliphatic rings. The van der Waals surface area contributed by atoms with Gasteiger partial charge in [0.05, 0.1) is 12.4 Å². The third-order valence-electron chi connectivity index (χ3n) is 7.19. The maximum absolute atomic E-state index is 13.6. The van der Waals surface area contributed by atoms with Crippen LogP contribution in [-0.2, 0) is 6.54 Å². The second kappa shape index (κ2) is 12.4. The fourth-order valence-corrected chi connectivity index (χ4v) is 5.27. The minimum absolute atomic E-state index is 0.113. The number of anilines is 2. The normalized spacial score (nSPS) is 13.0. The quantitative estimate of drug-likeness (QED) is 0.194. The van der Waals surface area contributed by atoms with E-state index in [1.54, 1.807) is 10.6 Å². The number of hydrogen-bond donors (Lipinski definition) is 3. The highest BCUT2D eigenvalue weighted by Crippen LogP contribution is 2.32. The van der Waals surface area contributed by atoms with Crippen LogP contribution in [0, 0.1) is 6.92 Å². The van der Waals surface area contributed by atoms with Crippen molar-refractivity contribution in [1.29, 1.82) is 0 Å². The smallest absolute Gasteiger partial charge is 0.260 e. The Bertz CT molecular complexity index is 1600. The van der Waals surface area contributed by atoms with Gasteiger partial charge in [0.15, 0.2) is 0 Å². The number of nitrogens with one attached hydrogen (secondary N) is 3. The van der Waals surface area contributed by atoms with Crippen molar-refractivity contribution >= 4 is 34.8 Å². The van der Waals surface area contributed by atoms with Crippen molar-refractivity contribution in [2.75, 3.05) is 30.4 Å². The molecule has 0 unspecified atom stereocenters.